The second kappa shape index (κ2) is 9.60. The summed E-state index contributed by atoms with van der Waals surface area (Å²) in [6.45, 7) is 3.36. The number of anilines is 3. The lowest BCUT2D eigenvalue weighted by atomic mass is 10.1. The van der Waals surface area contributed by atoms with Gasteiger partial charge in [0, 0.05) is 17.6 Å². The van der Waals surface area contributed by atoms with Gasteiger partial charge in [0.05, 0.1) is 22.6 Å². The van der Waals surface area contributed by atoms with E-state index in [1.807, 2.05) is 18.2 Å². The van der Waals surface area contributed by atoms with Crippen LogP contribution in [0.2, 0.25) is 5.02 Å². The highest BCUT2D eigenvalue weighted by molar-refractivity contribution is 6.31. The molecule has 0 bridgehead atoms. The number of hydrogen-bond donors (Lipinski definition) is 1. The minimum atomic E-state index is -0.500. The maximum atomic E-state index is 13.5. The first-order valence-electron chi connectivity index (χ1n) is 10.6. The van der Waals surface area contributed by atoms with Crippen molar-refractivity contribution in [3.05, 3.63) is 52.8 Å². The number of fused-ring (bicyclic) bond motifs is 3. The van der Waals surface area contributed by atoms with E-state index in [9.17, 15) is 9.65 Å². The van der Waals surface area contributed by atoms with Crippen LogP contribution in [0.15, 0.2) is 36.4 Å². The van der Waals surface area contributed by atoms with Gasteiger partial charge in [0.25, 0.3) is 0 Å². The van der Waals surface area contributed by atoms with Crippen LogP contribution < -0.4 is 15.0 Å². The standard InChI is InChI=1S/C24H25ClFN5O/c1-30(2)9-3-4-10-31-11-12-32-21-8-5-16-13-17(15-27)24(29-22(16)23(21)31)28-18-6-7-20(26)19(25)14-18/h5-8,13-14H,3-4,9-12H2,1-2H3,(H,28,29). The number of benzene rings is 2. The summed E-state index contributed by atoms with van der Waals surface area (Å²) in [4.78, 5) is 9.31. The highest BCUT2D eigenvalue weighted by Gasteiger charge is 2.23. The Hall–Kier alpha value is -3.08. The molecular formula is C24H25ClFN5O. The molecule has 1 N–H and O–H groups in total. The van der Waals surface area contributed by atoms with Crippen molar-refractivity contribution in [2.45, 2.75) is 12.8 Å². The van der Waals surface area contributed by atoms with Crippen molar-refractivity contribution in [1.29, 1.82) is 5.26 Å². The van der Waals surface area contributed by atoms with Crippen molar-refractivity contribution in [1.82, 2.24) is 9.88 Å². The van der Waals surface area contributed by atoms with Gasteiger partial charge in [0.15, 0.2) is 0 Å². The highest BCUT2D eigenvalue weighted by atomic mass is 35.5. The lowest BCUT2D eigenvalue weighted by Gasteiger charge is -2.32. The van der Waals surface area contributed by atoms with Crippen LogP contribution in [0.3, 0.4) is 0 Å². The molecule has 0 aliphatic carbocycles. The van der Waals surface area contributed by atoms with Crippen LogP contribution in [0.25, 0.3) is 10.9 Å². The van der Waals surface area contributed by atoms with Crippen LogP contribution in [0.4, 0.5) is 21.6 Å². The summed E-state index contributed by atoms with van der Waals surface area (Å²) in [5.41, 5.74) is 2.67. The molecule has 0 fully saturated rings. The molecule has 1 aliphatic heterocycles. The van der Waals surface area contributed by atoms with E-state index in [0.29, 0.717) is 23.7 Å². The molecule has 1 aromatic heterocycles. The molecule has 3 aromatic rings. The molecular weight excluding hydrogens is 429 g/mol. The maximum Gasteiger partial charge on any atom is 0.149 e. The van der Waals surface area contributed by atoms with Gasteiger partial charge in [-0.05, 0) is 69.9 Å². The third-order valence-corrected chi connectivity index (χ3v) is 5.73. The number of nitrogens with zero attached hydrogens (tertiary/aromatic N) is 4. The number of halogens is 2. The summed E-state index contributed by atoms with van der Waals surface area (Å²) < 4.78 is 19.5. The lowest BCUT2D eigenvalue weighted by molar-refractivity contribution is 0.306. The van der Waals surface area contributed by atoms with E-state index < -0.39 is 5.82 Å². The SMILES string of the molecule is CN(C)CCCCN1CCOc2ccc3cc(C#N)c(Nc4ccc(F)c(Cl)c4)nc3c21. The molecule has 0 spiro atoms. The topological polar surface area (TPSA) is 64.4 Å². The largest absolute Gasteiger partial charge is 0.489 e. The van der Waals surface area contributed by atoms with E-state index in [2.05, 4.69) is 35.3 Å². The molecule has 4 rings (SSSR count). The van der Waals surface area contributed by atoms with Gasteiger partial charge in [-0.15, -0.1) is 0 Å². The number of unbranched alkanes of at least 4 members (excludes halogenated alkanes) is 1. The van der Waals surface area contributed by atoms with Gasteiger partial charge < -0.3 is 19.9 Å². The fraction of sp³-hybridized carbons (Fsp3) is 0.333. The zero-order chi connectivity index (χ0) is 22.7. The molecule has 6 nitrogen and oxygen atoms in total. The van der Waals surface area contributed by atoms with Crippen molar-refractivity contribution in [3.63, 3.8) is 0 Å². The molecule has 0 amide bonds. The number of rotatable bonds is 7. The first kappa shape index (κ1) is 22.1. The highest BCUT2D eigenvalue weighted by Crippen LogP contribution is 2.39. The van der Waals surface area contributed by atoms with Gasteiger partial charge in [-0.25, -0.2) is 9.37 Å². The van der Waals surface area contributed by atoms with Crippen LogP contribution in [0.5, 0.6) is 5.75 Å². The minimum absolute atomic E-state index is 0.00368. The van der Waals surface area contributed by atoms with Crippen LogP contribution in [-0.4, -0.2) is 50.2 Å². The van der Waals surface area contributed by atoms with Crippen LogP contribution in [0, 0.1) is 17.1 Å². The van der Waals surface area contributed by atoms with Gasteiger partial charge in [0.2, 0.25) is 0 Å². The molecule has 8 heteroatoms. The summed E-state index contributed by atoms with van der Waals surface area (Å²) in [5.74, 6) is 0.693. The van der Waals surface area contributed by atoms with Gasteiger partial charge >= 0.3 is 0 Å². The molecule has 0 saturated carbocycles. The number of hydrogen-bond acceptors (Lipinski definition) is 6. The van der Waals surface area contributed by atoms with Gasteiger partial charge in [-0.1, -0.05) is 11.6 Å². The fourth-order valence-corrected chi connectivity index (χ4v) is 4.03. The Morgan fingerprint density at radius 3 is 2.84 bits per heavy atom. The quantitative estimate of drug-likeness (QED) is 0.497. The first-order chi connectivity index (χ1) is 15.5. The Kier molecular flexibility index (Phi) is 6.63. The molecule has 32 heavy (non-hydrogen) atoms. The number of nitriles is 1. The zero-order valence-electron chi connectivity index (χ0n) is 18.2. The predicted octanol–water partition coefficient (Wildman–Crippen LogP) is 5.18. The number of nitrogens with one attached hydrogen (secondary N) is 1. The summed E-state index contributed by atoms with van der Waals surface area (Å²) in [6, 6.07) is 12.2. The Morgan fingerprint density at radius 2 is 2.09 bits per heavy atom. The average Bonchev–Trinajstić information content (AvgIpc) is 2.78. The predicted molar refractivity (Wildman–Crippen MR) is 127 cm³/mol. The smallest absolute Gasteiger partial charge is 0.149 e. The van der Waals surface area contributed by atoms with E-state index in [-0.39, 0.29) is 5.02 Å². The Morgan fingerprint density at radius 1 is 1.25 bits per heavy atom. The molecule has 0 unspecified atom stereocenters. The number of aromatic nitrogens is 1. The minimum Gasteiger partial charge on any atom is -0.489 e. The summed E-state index contributed by atoms with van der Waals surface area (Å²) in [7, 11) is 4.16. The lowest BCUT2D eigenvalue weighted by Crippen LogP contribution is -2.34. The molecule has 0 radical (unpaired) electrons. The molecule has 2 heterocycles. The Bertz CT molecular complexity index is 1180. The Labute approximate surface area is 192 Å². The summed E-state index contributed by atoms with van der Waals surface area (Å²) >= 11 is 5.92. The van der Waals surface area contributed by atoms with E-state index in [0.717, 1.165) is 54.8 Å². The van der Waals surface area contributed by atoms with Crippen molar-refractivity contribution >= 4 is 39.7 Å². The van der Waals surface area contributed by atoms with Crippen LogP contribution in [0.1, 0.15) is 18.4 Å². The Balaban J connectivity index is 1.71. The second-order valence-corrected chi connectivity index (χ2v) is 8.49. The first-order valence-corrected chi connectivity index (χ1v) is 11.0. The van der Waals surface area contributed by atoms with E-state index >= 15 is 0 Å². The fourth-order valence-electron chi connectivity index (χ4n) is 3.85. The average molecular weight is 454 g/mol. The van der Waals surface area contributed by atoms with Gasteiger partial charge in [-0.3, -0.25) is 0 Å². The third kappa shape index (κ3) is 4.72. The summed E-state index contributed by atoms with van der Waals surface area (Å²) in [5, 5.41) is 13.7. The van der Waals surface area contributed by atoms with Crippen molar-refractivity contribution in [2.75, 3.05) is 50.6 Å². The molecule has 2 aromatic carbocycles. The third-order valence-electron chi connectivity index (χ3n) is 5.45. The van der Waals surface area contributed by atoms with Crippen molar-refractivity contribution in [2.24, 2.45) is 0 Å². The number of ether oxygens (including phenoxy) is 1. The second-order valence-electron chi connectivity index (χ2n) is 8.08. The monoisotopic (exact) mass is 453 g/mol. The normalized spacial score (nSPS) is 13.1. The summed E-state index contributed by atoms with van der Waals surface area (Å²) in [6.07, 6.45) is 2.16. The van der Waals surface area contributed by atoms with Crippen LogP contribution in [-0.2, 0) is 0 Å². The van der Waals surface area contributed by atoms with E-state index in [1.165, 1.54) is 12.1 Å². The zero-order valence-corrected chi connectivity index (χ0v) is 18.9. The molecule has 0 atom stereocenters. The molecule has 0 saturated heterocycles. The van der Waals surface area contributed by atoms with Crippen molar-refractivity contribution in [3.8, 4) is 11.8 Å². The maximum absolute atomic E-state index is 13.5. The van der Waals surface area contributed by atoms with E-state index in [4.69, 9.17) is 21.3 Å². The van der Waals surface area contributed by atoms with Gasteiger partial charge in [-0.2, -0.15) is 5.26 Å². The van der Waals surface area contributed by atoms with Crippen LogP contribution >= 0.6 is 11.6 Å². The number of pyridine rings is 1. The van der Waals surface area contributed by atoms with Gasteiger partial charge in [0.1, 0.15) is 35.7 Å². The van der Waals surface area contributed by atoms with E-state index in [1.54, 1.807) is 6.07 Å². The molecule has 1 aliphatic rings. The van der Waals surface area contributed by atoms with Crippen molar-refractivity contribution < 1.29 is 9.13 Å². The molecule has 166 valence electrons.